The second kappa shape index (κ2) is 4.82. The number of halogens is 4. The zero-order valence-corrected chi connectivity index (χ0v) is 10.3. The molecule has 0 spiro atoms. The van der Waals surface area contributed by atoms with Gasteiger partial charge in [0.2, 0.25) is 0 Å². The molecule has 0 aliphatic carbocycles. The van der Waals surface area contributed by atoms with Crippen molar-refractivity contribution in [2.45, 2.75) is 19.2 Å². The highest BCUT2D eigenvalue weighted by molar-refractivity contribution is 6.33. The zero-order valence-electron chi connectivity index (χ0n) is 9.57. The van der Waals surface area contributed by atoms with E-state index in [-0.39, 0.29) is 22.2 Å². The average Bonchev–Trinajstić information content (AvgIpc) is 2.76. The lowest BCUT2D eigenvalue weighted by Gasteiger charge is -2.07. The molecule has 1 N–H and O–H groups in total. The molecule has 8 heteroatoms. The van der Waals surface area contributed by atoms with Crippen molar-refractivity contribution in [1.82, 2.24) is 10.1 Å². The van der Waals surface area contributed by atoms with Gasteiger partial charge < -0.3 is 9.63 Å². The van der Waals surface area contributed by atoms with Crippen LogP contribution in [0.3, 0.4) is 0 Å². The van der Waals surface area contributed by atoms with Crippen LogP contribution in [0.2, 0.25) is 5.02 Å². The van der Waals surface area contributed by atoms with Crippen LogP contribution in [-0.4, -0.2) is 15.2 Å². The van der Waals surface area contributed by atoms with E-state index >= 15 is 0 Å². The van der Waals surface area contributed by atoms with Gasteiger partial charge in [-0.05, 0) is 13.0 Å². The van der Waals surface area contributed by atoms with Crippen LogP contribution >= 0.6 is 11.6 Å². The first kappa shape index (κ1) is 13.8. The van der Waals surface area contributed by atoms with Gasteiger partial charge in [-0.1, -0.05) is 16.8 Å². The van der Waals surface area contributed by atoms with Crippen molar-refractivity contribution >= 4 is 11.6 Å². The van der Waals surface area contributed by atoms with E-state index < -0.39 is 17.8 Å². The Balaban J connectivity index is 2.40. The SMILES string of the molecule is C[C@@H](O)c1cc(-c2ncc(C(F)(F)F)cc2Cl)no1. The van der Waals surface area contributed by atoms with Crippen LogP contribution in [-0.2, 0) is 6.18 Å². The first-order valence-corrected chi connectivity index (χ1v) is 5.54. The Hall–Kier alpha value is -1.60. The number of hydrogen-bond acceptors (Lipinski definition) is 4. The molecule has 0 fully saturated rings. The molecule has 0 radical (unpaired) electrons. The lowest BCUT2D eigenvalue weighted by atomic mass is 10.2. The Bertz CT molecular complexity index is 596. The van der Waals surface area contributed by atoms with Crippen LogP contribution in [0.25, 0.3) is 11.4 Å². The standard InChI is InChI=1S/C11H8ClF3N2O2/c1-5(18)9-3-8(17-19-9)10-7(12)2-6(4-16-10)11(13,14)15/h2-5,18H,1H3/t5-/m1/s1. The molecular weight excluding hydrogens is 285 g/mol. The lowest BCUT2D eigenvalue weighted by Crippen LogP contribution is -2.05. The highest BCUT2D eigenvalue weighted by Gasteiger charge is 2.32. The molecule has 2 aromatic rings. The third-order valence-electron chi connectivity index (χ3n) is 2.35. The number of aliphatic hydroxyl groups is 1. The summed E-state index contributed by atoms with van der Waals surface area (Å²) in [5.41, 5.74) is -0.722. The Labute approximate surface area is 110 Å². The van der Waals surface area contributed by atoms with E-state index in [0.29, 0.717) is 6.20 Å². The van der Waals surface area contributed by atoms with Crippen LogP contribution in [0.1, 0.15) is 24.4 Å². The minimum Gasteiger partial charge on any atom is -0.385 e. The molecule has 4 nitrogen and oxygen atoms in total. The van der Waals surface area contributed by atoms with Crippen LogP contribution in [0, 0.1) is 0 Å². The maximum absolute atomic E-state index is 12.4. The fourth-order valence-electron chi connectivity index (χ4n) is 1.38. The zero-order chi connectivity index (χ0) is 14.2. The Morgan fingerprint density at radius 3 is 2.53 bits per heavy atom. The predicted octanol–water partition coefficient (Wildman–Crippen LogP) is 3.46. The monoisotopic (exact) mass is 292 g/mol. The third-order valence-corrected chi connectivity index (χ3v) is 2.64. The van der Waals surface area contributed by atoms with Crippen LogP contribution in [0.5, 0.6) is 0 Å². The minimum absolute atomic E-state index is 0.0605. The number of alkyl halides is 3. The molecule has 0 amide bonds. The molecule has 2 rings (SSSR count). The van der Waals surface area contributed by atoms with Gasteiger partial charge in [0.25, 0.3) is 0 Å². The molecule has 0 saturated carbocycles. The second-order valence-corrected chi connectivity index (χ2v) is 4.25. The second-order valence-electron chi connectivity index (χ2n) is 3.84. The molecule has 0 aromatic carbocycles. The Morgan fingerprint density at radius 2 is 2.05 bits per heavy atom. The predicted molar refractivity (Wildman–Crippen MR) is 60.4 cm³/mol. The van der Waals surface area contributed by atoms with Gasteiger partial charge in [0.05, 0.1) is 10.6 Å². The number of aliphatic hydroxyl groups excluding tert-OH is 1. The van der Waals surface area contributed by atoms with Gasteiger partial charge in [-0.2, -0.15) is 13.2 Å². The van der Waals surface area contributed by atoms with Gasteiger partial charge in [-0.3, -0.25) is 4.98 Å². The van der Waals surface area contributed by atoms with Gasteiger partial charge >= 0.3 is 6.18 Å². The number of pyridine rings is 1. The summed E-state index contributed by atoms with van der Waals surface area (Å²) in [6, 6.07) is 2.13. The average molecular weight is 293 g/mol. The number of aromatic nitrogens is 2. The van der Waals surface area contributed by atoms with Gasteiger partial charge in [-0.25, -0.2) is 0 Å². The van der Waals surface area contributed by atoms with E-state index in [1.165, 1.54) is 13.0 Å². The van der Waals surface area contributed by atoms with E-state index in [9.17, 15) is 18.3 Å². The summed E-state index contributed by atoms with van der Waals surface area (Å²) in [7, 11) is 0. The Morgan fingerprint density at radius 1 is 1.37 bits per heavy atom. The molecule has 2 heterocycles. The Kier molecular flexibility index (Phi) is 3.51. The summed E-state index contributed by atoms with van der Waals surface area (Å²) in [6.07, 6.45) is -4.73. The highest BCUT2D eigenvalue weighted by atomic mass is 35.5. The van der Waals surface area contributed by atoms with Gasteiger partial charge in [0.15, 0.2) is 5.76 Å². The van der Waals surface area contributed by atoms with Crippen molar-refractivity contribution in [2.75, 3.05) is 0 Å². The van der Waals surface area contributed by atoms with Crippen molar-refractivity contribution in [3.05, 3.63) is 34.7 Å². The van der Waals surface area contributed by atoms with E-state index in [4.69, 9.17) is 16.1 Å². The summed E-state index contributed by atoms with van der Waals surface area (Å²) in [6.45, 7) is 1.46. The van der Waals surface area contributed by atoms with Crippen molar-refractivity contribution in [2.24, 2.45) is 0 Å². The fourth-order valence-corrected chi connectivity index (χ4v) is 1.64. The summed E-state index contributed by atoms with van der Waals surface area (Å²) < 4.78 is 42.2. The molecule has 2 aromatic heterocycles. The van der Waals surface area contributed by atoms with E-state index in [0.717, 1.165) is 6.07 Å². The van der Waals surface area contributed by atoms with Crippen molar-refractivity contribution in [3.8, 4) is 11.4 Å². The van der Waals surface area contributed by atoms with Crippen LogP contribution in [0.4, 0.5) is 13.2 Å². The minimum atomic E-state index is -4.51. The number of nitrogens with zero attached hydrogens (tertiary/aromatic N) is 2. The summed E-state index contributed by atoms with van der Waals surface area (Å²) in [5, 5.41) is 12.7. The van der Waals surface area contributed by atoms with Gasteiger partial charge in [0, 0.05) is 12.3 Å². The summed E-state index contributed by atoms with van der Waals surface area (Å²) >= 11 is 5.75. The maximum Gasteiger partial charge on any atom is 0.417 e. The largest absolute Gasteiger partial charge is 0.417 e. The van der Waals surface area contributed by atoms with Crippen LogP contribution in [0.15, 0.2) is 22.9 Å². The van der Waals surface area contributed by atoms with E-state index in [1.54, 1.807) is 0 Å². The van der Waals surface area contributed by atoms with Gasteiger partial charge in [-0.15, -0.1) is 0 Å². The molecular formula is C11H8ClF3N2O2. The third kappa shape index (κ3) is 2.87. The first-order chi connectivity index (χ1) is 8.79. The van der Waals surface area contributed by atoms with Crippen molar-refractivity contribution in [1.29, 1.82) is 0 Å². The molecule has 0 bridgehead atoms. The van der Waals surface area contributed by atoms with Crippen molar-refractivity contribution < 1.29 is 22.8 Å². The van der Waals surface area contributed by atoms with Crippen LogP contribution < -0.4 is 0 Å². The first-order valence-electron chi connectivity index (χ1n) is 5.17. The quantitative estimate of drug-likeness (QED) is 0.921. The smallest absolute Gasteiger partial charge is 0.385 e. The maximum atomic E-state index is 12.4. The molecule has 19 heavy (non-hydrogen) atoms. The summed E-state index contributed by atoms with van der Waals surface area (Å²) in [5.74, 6) is 0.174. The van der Waals surface area contributed by atoms with E-state index in [1.807, 2.05) is 0 Å². The fraction of sp³-hybridized carbons (Fsp3) is 0.273. The van der Waals surface area contributed by atoms with Crippen molar-refractivity contribution in [3.63, 3.8) is 0 Å². The normalized spacial score (nSPS) is 13.6. The van der Waals surface area contributed by atoms with Gasteiger partial charge in [0.1, 0.15) is 17.5 Å². The van der Waals surface area contributed by atoms with E-state index in [2.05, 4.69) is 10.1 Å². The molecule has 0 unspecified atom stereocenters. The number of rotatable bonds is 2. The molecule has 0 aliphatic heterocycles. The topological polar surface area (TPSA) is 59.2 Å². The summed E-state index contributed by atoms with van der Waals surface area (Å²) in [4.78, 5) is 3.63. The number of hydrogen-bond donors (Lipinski definition) is 1. The molecule has 0 saturated heterocycles. The highest BCUT2D eigenvalue weighted by Crippen LogP contribution is 2.34. The lowest BCUT2D eigenvalue weighted by molar-refractivity contribution is -0.137. The molecule has 0 aliphatic rings. The molecule has 1 atom stereocenters. The molecule has 102 valence electrons.